The third kappa shape index (κ3) is 2.26. The fourth-order valence-electron chi connectivity index (χ4n) is 1.90. The van der Waals surface area contributed by atoms with Gasteiger partial charge in [-0.1, -0.05) is 18.2 Å². The number of nitrogens with zero attached hydrogens (tertiary/aromatic N) is 1. The van der Waals surface area contributed by atoms with Crippen LogP contribution in [0, 0.1) is 5.92 Å². The lowest BCUT2D eigenvalue weighted by Gasteiger charge is -2.22. The first-order valence-corrected chi connectivity index (χ1v) is 5.20. The molecule has 1 aliphatic rings. The molecule has 0 bridgehead atoms. The first-order valence-electron chi connectivity index (χ1n) is 5.20. The Morgan fingerprint density at radius 2 is 2.14 bits per heavy atom. The van der Waals surface area contributed by atoms with Gasteiger partial charge in [-0.15, -0.1) is 0 Å². The first kappa shape index (κ1) is 9.53. The number of rotatable bonds is 3. The van der Waals surface area contributed by atoms with Crippen molar-refractivity contribution in [2.24, 2.45) is 5.92 Å². The maximum absolute atomic E-state index is 5.37. The van der Waals surface area contributed by atoms with Gasteiger partial charge in [-0.2, -0.15) is 0 Å². The molecule has 2 heteroatoms. The van der Waals surface area contributed by atoms with Crippen LogP contribution in [0.5, 0.6) is 0 Å². The van der Waals surface area contributed by atoms with Gasteiger partial charge in [0.2, 0.25) is 0 Å². The van der Waals surface area contributed by atoms with E-state index in [0.29, 0.717) is 5.92 Å². The minimum Gasteiger partial charge on any atom is -0.381 e. The van der Waals surface area contributed by atoms with Crippen molar-refractivity contribution >= 4 is 5.69 Å². The largest absolute Gasteiger partial charge is 0.381 e. The second-order valence-corrected chi connectivity index (χ2v) is 3.95. The maximum atomic E-state index is 5.37. The molecule has 2 rings (SSSR count). The molecule has 1 unspecified atom stereocenters. The molecule has 0 aromatic heterocycles. The zero-order valence-electron chi connectivity index (χ0n) is 8.65. The fraction of sp³-hybridized carbons (Fsp3) is 0.500. The van der Waals surface area contributed by atoms with Crippen LogP contribution < -0.4 is 4.90 Å². The van der Waals surface area contributed by atoms with E-state index in [2.05, 4.69) is 42.3 Å². The lowest BCUT2D eigenvalue weighted by Crippen LogP contribution is -2.25. The maximum Gasteiger partial charge on any atom is 0.0512 e. The van der Waals surface area contributed by atoms with Gasteiger partial charge in [0.05, 0.1) is 6.61 Å². The van der Waals surface area contributed by atoms with Crippen molar-refractivity contribution in [2.45, 2.75) is 6.42 Å². The fourth-order valence-corrected chi connectivity index (χ4v) is 1.90. The van der Waals surface area contributed by atoms with E-state index in [9.17, 15) is 0 Å². The van der Waals surface area contributed by atoms with Gasteiger partial charge in [-0.05, 0) is 18.6 Å². The normalized spacial score (nSPS) is 21.1. The highest BCUT2D eigenvalue weighted by Gasteiger charge is 2.17. The monoisotopic (exact) mass is 191 g/mol. The molecule has 1 aromatic rings. The Balaban J connectivity index is 1.92. The summed E-state index contributed by atoms with van der Waals surface area (Å²) in [6.45, 7) is 2.97. The average Bonchev–Trinajstić information content (AvgIpc) is 2.72. The number of hydrogen-bond acceptors (Lipinski definition) is 2. The molecule has 14 heavy (non-hydrogen) atoms. The summed E-state index contributed by atoms with van der Waals surface area (Å²) in [7, 11) is 2.15. The lowest BCUT2D eigenvalue weighted by molar-refractivity contribution is 0.186. The van der Waals surface area contributed by atoms with Crippen molar-refractivity contribution in [1.29, 1.82) is 0 Å². The molecule has 0 spiro atoms. The second kappa shape index (κ2) is 4.47. The Morgan fingerprint density at radius 3 is 2.79 bits per heavy atom. The standard InChI is InChI=1S/C12H17NO/c1-13(9-11-7-8-14-10-11)12-5-3-2-4-6-12/h2-6,11H,7-10H2,1H3. The average molecular weight is 191 g/mol. The van der Waals surface area contributed by atoms with Gasteiger partial charge in [0.1, 0.15) is 0 Å². The molecule has 0 aliphatic carbocycles. The summed E-state index contributed by atoms with van der Waals surface area (Å²) in [5.74, 6) is 0.709. The molecule has 2 nitrogen and oxygen atoms in total. The highest BCUT2D eigenvalue weighted by Crippen LogP contribution is 2.17. The number of anilines is 1. The molecule has 1 aromatic carbocycles. The number of benzene rings is 1. The third-order valence-corrected chi connectivity index (χ3v) is 2.75. The van der Waals surface area contributed by atoms with Crippen LogP contribution in [-0.4, -0.2) is 26.8 Å². The summed E-state index contributed by atoms with van der Waals surface area (Å²) in [6.07, 6.45) is 1.21. The Bertz CT molecular complexity index is 267. The number of ether oxygens (including phenoxy) is 1. The van der Waals surface area contributed by atoms with Crippen LogP contribution in [0.15, 0.2) is 30.3 Å². The summed E-state index contributed by atoms with van der Waals surface area (Å²) >= 11 is 0. The Hall–Kier alpha value is -1.02. The van der Waals surface area contributed by atoms with E-state index < -0.39 is 0 Å². The van der Waals surface area contributed by atoms with Crippen LogP contribution in [0.1, 0.15) is 6.42 Å². The van der Waals surface area contributed by atoms with Crippen LogP contribution in [0.4, 0.5) is 5.69 Å². The van der Waals surface area contributed by atoms with Crippen molar-refractivity contribution in [3.8, 4) is 0 Å². The molecule has 0 N–H and O–H groups in total. The van der Waals surface area contributed by atoms with Crippen molar-refractivity contribution in [1.82, 2.24) is 0 Å². The van der Waals surface area contributed by atoms with E-state index >= 15 is 0 Å². The first-order chi connectivity index (χ1) is 6.86. The van der Waals surface area contributed by atoms with E-state index in [0.717, 1.165) is 19.8 Å². The second-order valence-electron chi connectivity index (χ2n) is 3.95. The molecule has 1 atom stereocenters. The SMILES string of the molecule is CN(CC1CCOC1)c1ccccc1. The molecular formula is C12H17NO. The topological polar surface area (TPSA) is 12.5 Å². The lowest BCUT2D eigenvalue weighted by atomic mass is 10.1. The van der Waals surface area contributed by atoms with Crippen molar-refractivity contribution < 1.29 is 4.74 Å². The summed E-state index contributed by atoms with van der Waals surface area (Å²) in [6, 6.07) is 10.5. The number of para-hydroxylation sites is 1. The minimum atomic E-state index is 0.709. The van der Waals surface area contributed by atoms with Crippen LogP contribution in [-0.2, 0) is 4.74 Å². The summed E-state index contributed by atoms with van der Waals surface area (Å²) < 4.78 is 5.37. The number of hydrogen-bond donors (Lipinski definition) is 0. The molecule has 76 valence electrons. The zero-order chi connectivity index (χ0) is 9.80. The van der Waals surface area contributed by atoms with E-state index in [1.165, 1.54) is 12.1 Å². The van der Waals surface area contributed by atoms with Gasteiger partial charge < -0.3 is 9.64 Å². The van der Waals surface area contributed by atoms with E-state index in [-0.39, 0.29) is 0 Å². The van der Waals surface area contributed by atoms with E-state index in [4.69, 9.17) is 4.74 Å². The van der Waals surface area contributed by atoms with Crippen LogP contribution >= 0.6 is 0 Å². The summed E-state index contributed by atoms with van der Waals surface area (Å²) in [4.78, 5) is 2.30. The van der Waals surface area contributed by atoms with Crippen LogP contribution in [0.25, 0.3) is 0 Å². The Labute approximate surface area is 85.5 Å². The molecule has 1 saturated heterocycles. The van der Waals surface area contributed by atoms with E-state index in [1.54, 1.807) is 0 Å². The van der Waals surface area contributed by atoms with Crippen molar-refractivity contribution in [3.63, 3.8) is 0 Å². The third-order valence-electron chi connectivity index (χ3n) is 2.75. The van der Waals surface area contributed by atoms with Crippen molar-refractivity contribution in [2.75, 3.05) is 31.7 Å². The molecule has 1 fully saturated rings. The molecule has 1 aliphatic heterocycles. The smallest absolute Gasteiger partial charge is 0.0512 e. The predicted molar refractivity (Wildman–Crippen MR) is 58.6 cm³/mol. The van der Waals surface area contributed by atoms with Crippen molar-refractivity contribution in [3.05, 3.63) is 30.3 Å². The molecule has 1 heterocycles. The summed E-state index contributed by atoms with van der Waals surface area (Å²) in [5, 5.41) is 0. The zero-order valence-corrected chi connectivity index (χ0v) is 8.65. The van der Waals surface area contributed by atoms with Crippen LogP contribution in [0.3, 0.4) is 0 Å². The van der Waals surface area contributed by atoms with Gasteiger partial charge in [0.25, 0.3) is 0 Å². The van der Waals surface area contributed by atoms with Gasteiger partial charge in [0.15, 0.2) is 0 Å². The molecule has 0 amide bonds. The predicted octanol–water partition coefficient (Wildman–Crippen LogP) is 2.16. The Morgan fingerprint density at radius 1 is 1.36 bits per heavy atom. The summed E-state index contributed by atoms with van der Waals surface area (Å²) in [5.41, 5.74) is 1.29. The van der Waals surface area contributed by atoms with Gasteiger partial charge >= 0.3 is 0 Å². The van der Waals surface area contributed by atoms with Gasteiger partial charge in [0, 0.05) is 31.8 Å². The Kier molecular flexibility index (Phi) is 3.04. The van der Waals surface area contributed by atoms with E-state index in [1.807, 2.05) is 0 Å². The highest BCUT2D eigenvalue weighted by atomic mass is 16.5. The molecule has 0 radical (unpaired) electrons. The minimum absolute atomic E-state index is 0.709. The van der Waals surface area contributed by atoms with Gasteiger partial charge in [-0.25, -0.2) is 0 Å². The van der Waals surface area contributed by atoms with Crippen LogP contribution in [0.2, 0.25) is 0 Å². The van der Waals surface area contributed by atoms with Gasteiger partial charge in [-0.3, -0.25) is 0 Å². The molecular weight excluding hydrogens is 174 g/mol. The quantitative estimate of drug-likeness (QED) is 0.726. The molecule has 0 saturated carbocycles. The highest BCUT2D eigenvalue weighted by molar-refractivity contribution is 5.44.